The molecule has 2 aliphatic rings. The minimum Gasteiger partial charge on any atom is -0.309 e. The Morgan fingerprint density at radius 3 is 3.11 bits per heavy atom. The average Bonchev–Trinajstić information content (AvgIpc) is 2.80. The summed E-state index contributed by atoms with van der Waals surface area (Å²) in [6.07, 6.45) is 3.99. The lowest BCUT2D eigenvalue weighted by molar-refractivity contribution is 0.0545. The Morgan fingerprint density at radius 1 is 1.44 bits per heavy atom. The Labute approximate surface area is 114 Å². The second-order valence-electron chi connectivity index (χ2n) is 6.49. The van der Waals surface area contributed by atoms with E-state index in [1.807, 2.05) is 11.3 Å². The molecule has 0 amide bonds. The Morgan fingerprint density at radius 2 is 2.28 bits per heavy atom. The van der Waals surface area contributed by atoms with E-state index in [0.717, 1.165) is 13.1 Å². The van der Waals surface area contributed by atoms with Gasteiger partial charge in [0.1, 0.15) is 0 Å². The van der Waals surface area contributed by atoms with E-state index in [1.165, 1.54) is 19.3 Å². The van der Waals surface area contributed by atoms with Crippen molar-refractivity contribution in [2.24, 2.45) is 0 Å². The summed E-state index contributed by atoms with van der Waals surface area (Å²) < 4.78 is 0. The van der Waals surface area contributed by atoms with Gasteiger partial charge in [0.2, 0.25) is 0 Å². The van der Waals surface area contributed by atoms with Gasteiger partial charge >= 0.3 is 0 Å². The predicted molar refractivity (Wildman–Crippen MR) is 78.2 cm³/mol. The van der Waals surface area contributed by atoms with Gasteiger partial charge < -0.3 is 5.32 Å². The molecule has 0 radical (unpaired) electrons. The highest BCUT2D eigenvalue weighted by molar-refractivity contribution is 7.10. The molecule has 18 heavy (non-hydrogen) atoms. The molecule has 3 rings (SSSR count). The maximum absolute atomic E-state index is 3.66. The number of nitrogens with one attached hydrogen (secondary N) is 1. The van der Waals surface area contributed by atoms with Crippen LogP contribution >= 0.6 is 11.3 Å². The summed E-state index contributed by atoms with van der Waals surface area (Å²) in [5.41, 5.74) is 1.87. The molecule has 1 fully saturated rings. The van der Waals surface area contributed by atoms with E-state index in [4.69, 9.17) is 0 Å². The zero-order valence-corrected chi connectivity index (χ0v) is 12.5. The largest absolute Gasteiger partial charge is 0.309 e. The third-order valence-corrected chi connectivity index (χ3v) is 5.44. The number of piperazine rings is 1. The number of thiophene rings is 1. The van der Waals surface area contributed by atoms with Crippen molar-refractivity contribution in [1.29, 1.82) is 0 Å². The summed E-state index contributed by atoms with van der Waals surface area (Å²) in [6.45, 7) is 9.28. The van der Waals surface area contributed by atoms with Gasteiger partial charge in [-0.3, -0.25) is 4.90 Å². The van der Waals surface area contributed by atoms with Crippen molar-refractivity contribution >= 4 is 11.3 Å². The molecule has 1 saturated heterocycles. The average molecular weight is 264 g/mol. The fourth-order valence-electron chi connectivity index (χ4n) is 3.43. The van der Waals surface area contributed by atoms with Gasteiger partial charge in [0, 0.05) is 35.6 Å². The molecule has 3 heteroatoms. The van der Waals surface area contributed by atoms with E-state index >= 15 is 0 Å². The molecular weight excluding hydrogens is 240 g/mol. The fraction of sp³-hybridized carbons (Fsp3) is 0.733. The second-order valence-corrected chi connectivity index (χ2v) is 7.49. The van der Waals surface area contributed by atoms with Crippen LogP contribution in [0.25, 0.3) is 0 Å². The van der Waals surface area contributed by atoms with Crippen LogP contribution in [0.15, 0.2) is 11.4 Å². The van der Waals surface area contributed by atoms with Crippen LogP contribution in [0.1, 0.15) is 50.1 Å². The van der Waals surface area contributed by atoms with Gasteiger partial charge in [-0.1, -0.05) is 0 Å². The maximum atomic E-state index is 3.66. The summed E-state index contributed by atoms with van der Waals surface area (Å²) in [4.78, 5) is 4.37. The van der Waals surface area contributed by atoms with Crippen molar-refractivity contribution in [2.45, 2.75) is 57.7 Å². The van der Waals surface area contributed by atoms with Gasteiger partial charge in [0.05, 0.1) is 0 Å². The Kier molecular flexibility index (Phi) is 3.25. The first-order valence-electron chi connectivity index (χ1n) is 7.14. The van der Waals surface area contributed by atoms with Crippen molar-refractivity contribution in [2.75, 3.05) is 13.1 Å². The Hall–Kier alpha value is -0.380. The third kappa shape index (κ3) is 2.24. The van der Waals surface area contributed by atoms with E-state index in [2.05, 4.69) is 42.4 Å². The van der Waals surface area contributed by atoms with Crippen LogP contribution in [0.3, 0.4) is 0 Å². The minimum absolute atomic E-state index is 0.250. The van der Waals surface area contributed by atoms with Gasteiger partial charge in [0.25, 0.3) is 0 Å². The van der Waals surface area contributed by atoms with E-state index in [9.17, 15) is 0 Å². The maximum Gasteiger partial charge on any atom is 0.0363 e. The van der Waals surface area contributed by atoms with E-state index in [1.54, 1.807) is 10.4 Å². The standard InChI is InChI=1S/C15H24N2S/c1-11-9-16-15(2,3)10-17(11)13-5-4-6-14-12(13)7-8-18-14/h7-8,11,13,16H,4-6,9-10H2,1-3H3. The van der Waals surface area contributed by atoms with Gasteiger partial charge in [-0.15, -0.1) is 11.3 Å². The van der Waals surface area contributed by atoms with Crippen molar-refractivity contribution in [3.8, 4) is 0 Å². The normalized spacial score (nSPS) is 32.2. The zero-order chi connectivity index (χ0) is 12.8. The lowest BCUT2D eigenvalue weighted by atomic mass is 9.89. The highest BCUT2D eigenvalue weighted by atomic mass is 32.1. The van der Waals surface area contributed by atoms with Crippen LogP contribution in [-0.4, -0.2) is 29.6 Å². The summed E-state index contributed by atoms with van der Waals surface area (Å²) in [7, 11) is 0. The molecular formula is C15H24N2S. The number of rotatable bonds is 1. The second kappa shape index (κ2) is 4.62. The first-order chi connectivity index (χ1) is 8.57. The molecule has 0 saturated carbocycles. The van der Waals surface area contributed by atoms with Crippen molar-refractivity contribution in [3.63, 3.8) is 0 Å². The zero-order valence-electron chi connectivity index (χ0n) is 11.7. The number of nitrogens with zero attached hydrogens (tertiary/aromatic N) is 1. The number of fused-ring (bicyclic) bond motifs is 1. The van der Waals surface area contributed by atoms with Crippen LogP contribution in [0, 0.1) is 0 Å². The molecule has 2 atom stereocenters. The monoisotopic (exact) mass is 264 g/mol. The molecule has 100 valence electrons. The van der Waals surface area contributed by atoms with Crippen molar-refractivity contribution in [3.05, 3.63) is 21.9 Å². The van der Waals surface area contributed by atoms with E-state index < -0.39 is 0 Å². The smallest absolute Gasteiger partial charge is 0.0363 e. The molecule has 1 aromatic heterocycles. The SMILES string of the molecule is CC1CNC(C)(C)CN1C1CCCc2sccc21. The Bertz CT molecular complexity index is 424. The van der Waals surface area contributed by atoms with Crippen LogP contribution in [-0.2, 0) is 6.42 Å². The van der Waals surface area contributed by atoms with Crippen LogP contribution in [0.2, 0.25) is 0 Å². The molecule has 2 nitrogen and oxygen atoms in total. The Balaban J connectivity index is 1.87. The molecule has 1 aliphatic heterocycles. The lowest BCUT2D eigenvalue weighted by Gasteiger charge is -2.48. The van der Waals surface area contributed by atoms with Gasteiger partial charge in [-0.05, 0) is 57.0 Å². The summed E-state index contributed by atoms with van der Waals surface area (Å²) >= 11 is 1.95. The highest BCUT2D eigenvalue weighted by Crippen LogP contribution is 2.39. The fourth-order valence-corrected chi connectivity index (χ4v) is 4.41. The molecule has 1 aliphatic carbocycles. The topological polar surface area (TPSA) is 15.3 Å². The molecule has 1 N–H and O–H groups in total. The van der Waals surface area contributed by atoms with Crippen LogP contribution < -0.4 is 5.32 Å². The summed E-state index contributed by atoms with van der Waals surface area (Å²) in [5.74, 6) is 0. The lowest BCUT2D eigenvalue weighted by Crippen LogP contribution is -2.61. The molecule has 1 aromatic rings. The number of aryl methyl sites for hydroxylation is 1. The molecule has 2 unspecified atom stereocenters. The van der Waals surface area contributed by atoms with Gasteiger partial charge in [-0.25, -0.2) is 0 Å². The summed E-state index contributed by atoms with van der Waals surface area (Å²) in [5, 5.41) is 5.93. The quantitative estimate of drug-likeness (QED) is 0.838. The van der Waals surface area contributed by atoms with Gasteiger partial charge in [0.15, 0.2) is 0 Å². The molecule has 2 heterocycles. The molecule has 0 spiro atoms. The van der Waals surface area contributed by atoms with Gasteiger partial charge in [-0.2, -0.15) is 0 Å². The number of hydrogen-bond donors (Lipinski definition) is 1. The minimum atomic E-state index is 0.250. The van der Waals surface area contributed by atoms with Crippen LogP contribution in [0.4, 0.5) is 0 Å². The predicted octanol–water partition coefficient (Wildman–Crippen LogP) is 3.20. The first kappa shape index (κ1) is 12.6. The molecule has 0 aromatic carbocycles. The van der Waals surface area contributed by atoms with E-state index in [0.29, 0.717) is 12.1 Å². The third-order valence-electron chi connectivity index (χ3n) is 4.44. The van der Waals surface area contributed by atoms with Crippen molar-refractivity contribution < 1.29 is 0 Å². The highest BCUT2D eigenvalue weighted by Gasteiger charge is 2.36. The number of hydrogen-bond acceptors (Lipinski definition) is 3. The first-order valence-corrected chi connectivity index (χ1v) is 8.02. The van der Waals surface area contributed by atoms with Crippen molar-refractivity contribution in [1.82, 2.24) is 10.2 Å². The molecule has 0 bridgehead atoms. The van der Waals surface area contributed by atoms with E-state index in [-0.39, 0.29) is 5.54 Å². The summed E-state index contributed by atoms with van der Waals surface area (Å²) in [6, 6.07) is 3.68. The van der Waals surface area contributed by atoms with Crippen LogP contribution in [0.5, 0.6) is 0 Å².